The van der Waals surface area contributed by atoms with Crippen molar-refractivity contribution >= 4 is 11.8 Å². The molecule has 0 fully saturated rings. The Balaban J connectivity index is 1.79. The molecule has 0 saturated heterocycles. The summed E-state index contributed by atoms with van der Waals surface area (Å²) in [5, 5.41) is 0. The molecule has 3 aromatic carbocycles. The maximum Gasteiger partial charge on any atom is 0.0550 e. The van der Waals surface area contributed by atoms with Crippen LogP contribution in [-0.2, 0) is 0 Å². The molecule has 0 bridgehead atoms. The maximum atomic E-state index is 3.71. The summed E-state index contributed by atoms with van der Waals surface area (Å²) >= 11 is 1.86. The molecule has 0 spiro atoms. The van der Waals surface area contributed by atoms with Crippen LogP contribution in [-0.4, -0.2) is 4.98 Å². The first-order chi connectivity index (χ1) is 12.7. The van der Waals surface area contributed by atoms with E-state index in [0.29, 0.717) is 0 Å². The number of aryl methyl sites for hydroxylation is 2. The van der Waals surface area contributed by atoms with Gasteiger partial charge >= 0.3 is 0 Å². The summed E-state index contributed by atoms with van der Waals surface area (Å²) in [6.45, 7) is 4.28. The molecule has 0 radical (unpaired) electrons. The molecule has 0 aliphatic carbocycles. The van der Waals surface area contributed by atoms with Crippen LogP contribution in [0.3, 0.4) is 0 Å². The standard InChI is InChI=1S/C24H19NS/c1-15-7-10-17(11-8-15)21-14-20-18-5-3-4-6-22(18)26-23-13-16(2)9-12-19(23)24(20)25-21/h3-14,25H,1-2H3. The van der Waals surface area contributed by atoms with Crippen molar-refractivity contribution in [2.75, 3.05) is 0 Å². The molecule has 0 saturated carbocycles. The lowest BCUT2D eigenvalue weighted by Crippen LogP contribution is -1.85. The minimum atomic E-state index is 1.17. The van der Waals surface area contributed by atoms with Crippen molar-refractivity contribution in [2.45, 2.75) is 23.6 Å². The van der Waals surface area contributed by atoms with E-state index in [4.69, 9.17) is 0 Å². The molecule has 0 amide bonds. The van der Waals surface area contributed by atoms with Crippen molar-refractivity contribution in [3.8, 4) is 33.6 Å². The first-order valence-electron chi connectivity index (χ1n) is 8.87. The number of H-pyrrole nitrogens is 1. The summed E-state index contributed by atoms with van der Waals surface area (Å²) in [7, 11) is 0. The highest BCUT2D eigenvalue weighted by molar-refractivity contribution is 7.99. The highest BCUT2D eigenvalue weighted by atomic mass is 32.2. The molecule has 2 heteroatoms. The Bertz CT molecular complexity index is 1120. The fourth-order valence-electron chi connectivity index (χ4n) is 3.59. The maximum absolute atomic E-state index is 3.71. The zero-order valence-electron chi connectivity index (χ0n) is 14.8. The highest BCUT2D eigenvalue weighted by Gasteiger charge is 2.22. The summed E-state index contributed by atoms with van der Waals surface area (Å²) in [5.74, 6) is 0. The molecule has 2 heterocycles. The Labute approximate surface area is 158 Å². The molecule has 5 rings (SSSR count). The quantitative estimate of drug-likeness (QED) is 0.340. The van der Waals surface area contributed by atoms with E-state index in [-0.39, 0.29) is 0 Å². The molecular weight excluding hydrogens is 334 g/mol. The van der Waals surface area contributed by atoms with Crippen LogP contribution in [0.15, 0.2) is 82.6 Å². The van der Waals surface area contributed by atoms with Gasteiger partial charge in [-0.25, -0.2) is 0 Å². The summed E-state index contributed by atoms with van der Waals surface area (Å²) in [5.41, 5.74) is 10.1. The van der Waals surface area contributed by atoms with Crippen molar-refractivity contribution in [3.63, 3.8) is 0 Å². The van der Waals surface area contributed by atoms with Gasteiger partial charge < -0.3 is 4.98 Å². The minimum absolute atomic E-state index is 1.17. The Morgan fingerprint density at radius 1 is 0.654 bits per heavy atom. The smallest absolute Gasteiger partial charge is 0.0550 e. The van der Waals surface area contributed by atoms with E-state index in [1.165, 1.54) is 54.6 Å². The monoisotopic (exact) mass is 353 g/mol. The predicted octanol–water partition coefficient (Wildman–Crippen LogP) is 7.10. The number of fused-ring (bicyclic) bond motifs is 5. The third-order valence-electron chi connectivity index (χ3n) is 4.98. The molecular formula is C24H19NS. The van der Waals surface area contributed by atoms with Gasteiger partial charge in [0.05, 0.1) is 5.69 Å². The lowest BCUT2D eigenvalue weighted by molar-refractivity contribution is 1.32. The van der Waals surface area contributed by atoms with E-state index in [1.54, 1.807) is 0 Å². The number of aromatic nitrogens is 1. The first kappa shape index (κ1) is 15.5. The molecule has 26 heavy (non-hydrogen) atoms. The number of rotatable bonds is 1. The molecule has 4 aromatic rings. The van der Waals surface area contributed by atoms with Gasteiger partial charge in [0.25, 0.3) is 0 Å². The molecule has 0 unspecified atom stereocenters. The SMILES string of the molecule is Cc1ccc(-c2cc3c([nH]2)-c2ccc(C)cc2Sc2ccccc2-3)cc1. The third kappa shape index (κ3) is 2.49. The second kappa shape index (κ2) is 5.93. The lowest BCUT2D eigenvalue weighted by Gasteiger charge is -2.07. The Morgan fingerprint density at radius 3 is 2.27 bits per heavy atom. The van der Waals surface area contributed by atoms with Gasteiger partial charge in [-0.2, -0.15) is 0 Å². The number of nitrogens with one attached hydrogen (secondary N) is 1. The first-order valence-corrected chi connectivity index (χ1v) is 9.69. The average Bonchev–Trinajstić information content (AvgIpc) is 3.03. The number of hydrogen-bond donors (Lipinski definition) is 1. The number of benzene rings is 3. The number of aromatic amines is 1. The van der Waals surface area contributed by atoms with E-state index in [1.807, 2.05) is 11.8 Å². The summed E-state index contributed by atoms with van der Waals surface area (Å²) in [4.78, 5) is 6.34. The molecule has 1 nitrogen and oxygen atoms in total. The van der Waals surface area contributed by atoms with Crippen LogP contribution in [0.1, 0.15) is 11.1 Å². The Morgan fingerprint density at radius 2 is 1.42 bits per heavy atom. The predicted molar refractivity (Wildman–Crippen MR) is 111 cm³/mol. The highest BCUT2D eigenvalue weighted by Crippen LogP contribution is 2.48. The van der Waals surface area contributed by atoms with Gasteiger partial charge in [0, 0.05) is 26.6 Å². The number of hydrogen-bond acceptors (Lipinski definition) is 1. The molecule has 1 aliphatic rings. The fourth-order valence-corrected chi connectivity index (χ4v) is 4.78. The molecule has 126 valence electrons. The van der Waals surface area contributed by atoms with E-state index in [2.05, 4.69) is 91.6 Å². The van der Waals surface area contributed by atoms with Crippen molar-refractivity contribution in [3.05, 3.63) is 83.9 Å². The minimum Gasteiger partial charge on any atom is -0.354 e. The van der Waals surface area contributed by atoms with Gasteiger partial charge in [0.2, 0.25) is 0 Å². The third-order valence-corrected chi connectivity index (χ3v) is 6.12. The van der Waals surface area contributed by atoms with Crippen LogP contribution in [0.4, 0.5) is 0 Å². The molecule has 1 N–H and O–H groups in total. The van der Waals surface area contributed by atoms with Crippen LogP contribution < -0.4 is 0 Å². The van der Waals surface area contributed by atoms with E-state index < -0.39 is 0 Å². The summed E-state index contributed by atoms with van der Waals surface area (Å²) in [6.07, 6.45) is 0. The van der Waals surface area contributed by atoms with E-state index >= 15 is 0 Å². The zero-order valence-corrected chi connectivity index (χ0v) is 15.7. The van der Waals surface area contributed by atoms with Crippen LogP contribution in [0, 0.1) is 13.8 Å². The molecule has 1 aromatic heterocycles. The zero-order chi connectivity index (χ0) is 17.7. The van der Waals surface area contributed by atoms with Gasteiger partial charge in [0.1, 0.15) is 0 Å². The van der Waals surface area contributed by atoms with Crippen LogP contribution in [0.25, 0.3) is 33.6 Å². The van der Waals surface area contributed by atoms with Gasteiger partial charge in [-0.05, 0) is 48.7 Å². The summed E-state index contributed by atoms with van der Waals surface area (Å²) in [6, 6.07) is 26.5. The van der Waals surface area contributed by atoms with Crippen molar-refractivity contribution < 1.29 is 0 Å². The largest absolute Gasteiger partial charge is 0.354 e. The normalized spacial score (nSPS) is 12.1. The van der Waals surface area contributed by atoms with Crippen molar-refractivity contribution in [1.82, 2.24) is 4.98 Å². The second-order valence-electron chi connectivity index (χ2n) is 6.94. The fraction of sp³-hybridized carbons (Fsp3) is 0.0833. The van der Waals surface area contributed by atoms with E-state index in [0.717, 1.165) is 0 Å². The Kier molecular flexibility index (Phi) is 3.54. The molecule has 1 aliphatic heterocycles. The lowest BCUT2D eigenvalue weighted by atomic mass is 10.0. The average molecular weight is 353 g/mol. The van der Waals surface area contributed by atoms with Crippen molar-refractivity contribution in [2.24, 2.45) is 0 Å². The van der Waals surface area contributed by atoms with Crippen LogP contribution >= 0.6 is 11.8 Å². The van der Waals surface area contributed by atoms with E-state index in [9.17, 15) is 0 Å². The summed E-state index contributed by atoms with van der Waals surface area (Å²) < 4.78 is 0. The van der Waals surface area contributed by atoms with Gasteiger partial charge in [-0.3, -0.25) is 0 Å². The molecule has 0 atom stereocenters. The topological polar surface area (TPSA) is 15.8 Å². The van der Waals surface area contributed by atoms with Gasteiger partial charge in [-0.15, -0.1) is 0 Å². The second-order valence-corrected chi connectivity index (χ2v) is 8.02. The van der Waals surface area contributed by atoms with Gasteiger partial charge in [0.15, 0.2) is 0 Å². The van der Waals surface area contributed by atoms with Crippen LogP contribution in [0.2, 0.25) is 0 Å². The van der Waals surface area contributed by atoms with Crippen LogP contribution in [0.5, 0.6) is 0 Å². The van der Waals surface area contributed by atoms with Gasteiger partial charge in [-0.1, -0.05) is 71.9 Å². The van der Waals surface area contributed by atoms with Crippen molar-refractivity contribution in [1.29, 1.82) is 0 Å². The Hall–Kier alpha value is -2.71.